The molecule has 1 rings (SSSR count). The maximum atomic E-state index is 11.5. The van der Waals surface area contributed by atoms with Gasteiger partial charge in [-0.25, -0.2) is 0 Å². The standard InChI is InChI=1S/C30H54NO6P/c1-5-6-7-8-9-10-11-12-13-14-15-16-18-28-19-21-29(22-20-28)34-25-30(37-27(2)32)26-36-38(33)35-24-17-23-31(3)4/h19-22,30,33H,5-18,23-26H2,1-4H3. The average Bonchev–Trinajstić information content (AvgIpc) is 2.89. The molecule has 0 radical (unpaired) electrons. The summed E-state index contributed by atoms with van der Waals surface area (Å²) in [4.78, 5) is 23.4. The van der Waals surface area contributed by atoms with Gasteiger partial charge in [0.1, 0.15) is 12.4 Å². The van der Waals surface area contributed by atoms with Gasteiger partial charge in [-0.15, -0.1) is 0 Å². The number of benzene rings is 1. The Morgan fingerprint density at radius 3 is 1.97 bits per heavy atom. The fourth-order valence-electron chi connectivity index (χ4n) is 4.17. The zero-order valence-corrected chi connectivity index (χ0v) is 25.4. The summed E-state index contributed by atoms with van der Waals surface area (Å²) in [6.45, 7) is 5.03. The Kier molecular flexibility index (Phi) is 21.6. The molecule has 0 fully saturated rings. The largest absolute Gasteiger partial charge is 0.490 e. The lowest BCUT2D eigenvalue weighted by atomic mass is 10.0. The molecule has 220 valence electrons. The molecule has 0 aliphatic heterocycles. The first-order valence-electron chi connectivity index (χ1n) is 14.7. The lowest BCUT2D eigenvalue weighted by molar-refractivity contribution is -0.149. The van der Waals surface area contributed by atoms with E-state index in [0.717, 1.165) is 19.4 Å². The van der Waals surface area contributed by atoms with Crippen molar-refractivity contribution in [3.8, 4) is 5.75 Å². The minimum Gasteiger partial charge on any atom is -0.490 e. The van der Waals surface area contributed by atoms with Gasteiger partial charge in [0, 0.05) is 6.92 Å². The predicted octanol–water partition coefficient (Wildman–Crippen LogP) is 7.44. The number of unbranched alkanes of at least 4 members (excludes halogenated alkanes) is 11. The van der Waals surface area contributed by atoms with Crippen LogP contribution in [0.25, 0.3) is 0 Å². The predicted molar refractivity (Wildman–Crippen MR) is 156 cm³/mol. The summed E-state index contributed by atoms with van der Waals surface area (Å²) in [5, 5.41) is 0. The quantitative estimate of drug-likeness (QED) is 0.0763. The number of hydrogen-bond acceptors (Lipinski definition) is 7. The number of ether oxygens (including phenoxy) is 2. The van der Waals surface area contributed by atoms with Gasteiger partial charge in [0.15, 0.2) is 6.10 Å². The van der Waals surface area contributed by atoms with Crippen LogP contribution in [0.3, 0.4) is 0 Å². The number of carbonyl (C=O) groups excluding carboxylic acids is 1. The Morgan fingerprint density at radius 2 is 1.42 bits per heavy atom. The van der Waals surface area contributed by atoms with Gasteiger partial charge in [0.25, 0.3) is 0 Å². The van der Waals surface area contributed by atoms with Gasteiger partial charge in [-0.2, -0.15) is 0 Å². The molecule has 0 heterocycles. The highest BCUT2D eigenvalue weighted by molar-refractivity contribution is 7.40. The van der Waals surface area contributed by atoms with Gasteiger partial charge in [0.2, 0.25) is 0 Å². The molecule has 0 saturated heterocycles. The van der Waals surface area contributed by atoms with Crippen molar-refractivity contribution in [1.82, 2.24) is 4.90 Å². The molecular formula is C30H54NO6P. The van der Waals surface area contributed by atoms with Crippen LogP contribution in [-0.4, -0.2) is 62.3 Å². The van der Waals surface area contributed by atoms with Crippen molar-refractivity contribution in [3.05, 3.63) is 29.8 Å². The monoisotopic (exact) mass is 555 g/mol. The van der Waals surface area contributed by atoms with E-state index in [2.05, 4.69) is 19.1 Å². The zero-order chi connectivity index (χ0) is 27.8. The lowest BCUT2D eigenvalue weighted by Crippen LogP contribution is -2.28. The molecule has 2 unspecified atom stereocenters. The molecule has 1 N–H and O–H groups in total. The van der Waals surface area contributed by atoms with E-state index in [9.17, 15) is 9.69 Å². The summed E-state index contributed by atoms with van der Waals surface area (Å²) in [5.74, 6) is 0.293. The molecule has 0 bridgehead atoms. The Labute approximate surface area is 233 Å². The topological polar surface area (TPSA) is 77.5 Å². The van der Waals surface area contributed by atoms with Crippen molar-refractivity contribution < 1.29 is 28.2 Å². The van der Waals surface area contributed by atoms with Crippen LogP contribution >= 0.6 is 8.60 Å². The highest BCUT2D eigenvalue weighted by Gasteiger charge is 2.17. The molecule has 0 aromatic heterocycles. The van der Waals surface area contributed by atoms with Gasteiger partial charge in [-0.3, -0.25) is 4.79 Å². The fourth-order valence-corrected chi connectivity index (χ4v) is 4.82. The van der Waals surface area contributed by atoms with Gasteiger partial charge >= 0.3 is 14.6 Å². The van der Waals surface area contributed by atoms with Crippen LogP contribution < -0.4 is 4.74 Å². The van der Waals surface area contributed by atoms with E-state index in [1.54, 1.807) is 0 Å². The summed E-state index contributed by atoms with van der Waals surface area (Å²) < 4.78 is 21.8. The minimum atomic E-state index is -2.02. The molecule has 1 aromatic carbocycles. The van der Waals surface area contributed by atoms with Crippen molar-refractivity contribution >= 4 is 14.6 Å². The van der Waals surface area contributed by atoms with E-state index in [-0.39, 0.29) is 13.2 Å². The van der Waals surface area contributed by atoms with Gasteiger partial charge in [-0.1, -0.05) is 89.7 Å². The van der Waals surface area contributed by atoms with Crippen molar-refractivity contribution in [2.45, 2.75) is 110 Å². The number of esters is 1. The Hall–Kier alpha value is -1.24. The molecule has 0 saturated carbocycles. The number of aryl methyl sites for hydroxylation is 1. The third kappa shape index (κ3) is 20.7. The van der Waals surface area contributed by atoms with Crippen LogP contribution in [0.4, 0.5) is 0 Å². The summed E-state index contributed by atoms with van der Waals surface area (Å²) >= 11 is 0. The smallest absolute Gasteiger partial charge is 0.329 e. The summed E-state index contributed by atoms with van der Waals surface area (Å²) in [6, 6.07) is 8.10. The second kappa shape index (κ2) is 23.6. The van der Waals surface area contributed by atoms with Crippen LogP contribution in [0.2, 0.25) is 0 Å². The van der Waals surface area contributed by atoms with E-state index in [1.807, 2.05) is 31.1 Å². The molecule has 0 aliphatic rings. The maximum Gasteiger partial charge on any atom is 0.329 e. The Balaban J connectivity index is 2.19. The van der Waals surface area contributed by atoms with Crippen LogP contribution in [0.1, 0.15) is 103 Å². The first-order chi connectivity index (χ1) is 18.4. The van der Waals surface area contributed by atoms with Gasteiger partial charge in [0.05, 0.1) is 13.2 Å². The molecule has 2 atom stereocenters. The Bertz CT molecular complexity index is 688. The first kappa shape index (κ1) is 34.8. The summed E-state index contributed by atoms with van der Waals surface area (Å²) in [6.07, 6.45) is 17.6. The van der Waals surface area contributed by atoms with Crippen molar-refractivity contribution in [2.75, 3.05) is 40.5 Å². The van der Waals surface area contributed by atoms with E-state index < -0.39 is 20.7 Å². The highest BCUT2D eigenvalue weighted by atomic mass is 31.2. The normalized spacial score (nSPS) is 13.0. The summed E-state index contributed by atoms with van der Waals surface area (Å²) in [5.41, 5.74) is 1.31. The number of nitrogens with zero attached hydrogens (tertiary/aromatic N) is 1. The number of hydrogen-bond donors (Lipinski definition) is 1. The molecule has 1 aromatic rings. The SMILES string of the molecule is CCCCCCCCCCCCCCc1ccc(OCC(COP(O)OCCCN(C)C)OC(C)=O)cc1. The van der Waals surface area contributed by atoms with Gasteiger partial charge < -0.3 is 28.3 Å². The van der Waals surface area contributed by atoms with Gasteiger partial charge in [-0.05, 0) is 57.6 Å². The summed E-state index contributed by atoms with van der Waals surface area (Å²) in [7, 11) is 1.94. The van der Waals surface area contributed by atoms with Crippen LogP contribution in [0, 0.1) is 0 Å². The first-order valence-corrected chi connectivity index (χ1v) is 15.8. The van der Waals surface area contributed by atoms with Crippen LogP contribution in [-0.2, 0) is 25.0 Å². The van der Waals surface area contributed by atoms with E-state index in [4.69, 9.17) is 18.5 Å². The van der Waals surface area contributed by atoms with Crippen molar-refractivity contribution in [3.63, 3.8) is 0 Å². The molecule has 8 heteroatoms. The van der Waals surface area contributed by atoms with Crippen LogP contribution in [0.15, 0.2) is 24.3 Å². The lowest BCUT2D eigenvalue weighted by Gasteiger charge is -2.19. The molecule has 7 nitrogen and oxygen atoms in total. The third-order valence-corrected chi connectivity index (χ3v) is 7.11. The molecule has 0 spiro atoms. The third-order valence-electron chi connectivity index (χ3n) is 6.33. The van der Waals surface area contributed by atoms with Crippen molar-refractivity contribution in [1.29, 1.82) is 0 Å². The molecule has 0 aliphatic carbocycles. The second-order valence-corrected chi connectivity index (χ2v) is 11.3. The molecule has 38 heavy (non-hydrogen) atoms. The fraction of sp³-hybridized carbons (Fsp3) is 0.767. The van der Waals surface area contributed by atoms with E-state index in [1.165, 1.54) is 89.5 Å². The number of rotatable bonds is 25. The van der Waals surface area contributed by atoms with Crippen LogP contribution in [0.5, 0.6) is 5.75 Å². The second-order valence-electron chi connectivity index (χ2n) is 10.3. The highest BCUT2D eigenvalue weighted by Crippen LogP contribution is 2.33. The van der Waals surface area contributed by atoms with E-state index in [0.29, 0.717) is 12.4 Å². The maximum absolute atomic E-state index is 11.5. The Morgan fingerprint density at radius 1 is 0.842 bits per heavy atom. The molecular weight excluding hydrogens is 501 g/mol. The number of carbonyl (C=O) groups is 1. The average molecular weight is 556 g/mol. The van der Waals surface area contributed by atoms with Crippen molar-refractivity contribution in [2.24, 2.45) is 0 Å². The minimum absolute atomic E-state index is 0.00645. The van der Waals surface area contributed by atoms with E-state index >= 15 is 0 Å². The molecule has 0 amide bonds. The zero-order valence-electron chi connectivity index (χ0n) is 24.5.